The lowest BCUT2D eigenvalue weighted by molar-refractivity contribution is 0.297. The number of nitrogens with zero attached hydrogens (tertiary/aromatic N) is 1. The molecule has 0 saturated heterocycles. The number of hydrogen-bond donors (Lipinski definition) is 0. The SMILES string of the molecule is Cl.Fc1ccc(C2=NC=COC2)cc1. The molecule has 4 heteroatoms. The van der Waals surface area contributed by atoms with Crippen LogP contribution in [0.15, 0.2) is 41.7 Å². The standard InChI is InChI=1S/C10H8FNO.ClH/c11-9-3-1-8(2-4-9)10-7-13-6-5-12-10;/h1-6H,7H2;1H. The van der Waals surface area contributed by atoms with Crippen molar-refractivity contribution in [3.05, 3.63) is 48.1 Å². The second kappa shape index (κ2) is 4.77. The monoisotopic (exact) mass is 213 g/mol. The number of aliphatic imine (C=N–C) groups is 1. The first-order valence-electron chi connectivity index (χ1n) is 3.95. The van der Waals surface area contributed by atoms with Crippen LogP contribution >= 0.6 is 12.4 Å². The highest BCUT2D eigenvalue weighted by Crippen LogP contribution is 2.07. The lowest BCUT2D eigenvalue weighted by atomic mass is 10.1. The van der Waals surface area contributed by atoms with Gasteiger partial charge in [0.25, 0.3) is 0 Å². The van der Waals surface area contributed by atoms with Crippen LogP contribution in [0.2, 0.25) is 0 Å². The average molecular weight is 214 g/mol. The summed E-state index contributed by atoms with van der Waals surface area (Å²) >= 11 is 0. The zero-order chi connectivity index (χ0) is 9.10. The van der Waals surface area contributed by atoms with Gasteiger partial charge in [-0.15, -0.1) is 12.4 Å². The van der Waals surface area contributed by atoms with Gasteiger partial charge in [0, 0.05) is 0 Å². The smallest absolute Gasteiger partial charge is 0.130 e. The Labute approximate surface area is 87.5 Å². The van der Waals surface area contributed by atoms with Gasteiger partial charge in [0.1, 0.15) is 18.7 Å². The Balaban J connectivity index is 0.000000980. The van der Waals surface area contributed by atoms with E-state index in [4.69, 9.17) is 4.74 Å². The summed E-state index contributed by atoms with van der Waals surface area (Å²) in [5.41, 5.74) is 1.72. The molecule has 2 nitrogen and oxygen atoms in total. The molecule has 1 aromatic rings. The second-order valence-electron chi connectivity index (χ2n) is 2.68. The molecule has 0 N–H and O–H groups in total. The van der Waals surface area contributed by atoms with Gasteiger partial charge in [0.15, 0.2) is 0 Å². The fourth-order valence-corrected chi connectivity index (χ4v) is 1.13. The molecule has 1 heterocycles. The summed E-state index contributed by atoms with van der Waals surface area (Å²) in [6, 6.07) is 6.21. The molecule has 0 unspecified atom stereocenters. The minimum absolute atomic E-state index is 0. The molecule has 0 bridgehead atoms. The van der Waals surface area contributed by atoms with E-state index in [1.54, 1.807) is 18.3 Å². The third kappa shape index (κ3) is 2.33. The van der Waals surface area contributed by atoms with Gasteiger partial charge in [-0.25, -0.2) is 4.39 Å². The Morgan fingerprint density at radius 2 is 1.93 bits per heavy atom. The molecule has 0 fully saturated rings. The zero-order valence-corrected chi connectivity index (χ0v) is 8.13. The number of hydrogen-bond acceptors (Lipinski definition) is 2. The van der Waals surface area contributed by atoms with Crippen LogP contribution in [-0.2, 0) is 4.74 Å². The minimum atomic E-state index is -0.239. The Morgan fingerprint density at radius 3 is 2.50 bits per heavy atom. The molecule has 1 aliphatic rings. The maximum absolute atomic E-state index is 12.6. The fraction of sp³-hybridized carbons (Fsp3) is 0.100. The zero-order valence-electron chi connectivity index (χ0n) is 7.31. The quantitative estimate of drug-likeness (QED) is 0.703. The Kier molecular flexibility index (Phi) is 3.65. The van der Waals surface area contributed by atoms with E-state index in [0.717, 1.165) is 11.3 Å². The number of halogens is 2. The van der Waals surface area contributed by atoms with Gasteiger partial charge in [0.2, 0.25) is 0 Å². The maximum Gasteiger partial charge on any atom is 0.130 e. The third-order valence-corrected chi connectivity index (χ3v) is 1.78. The Hall–Kier alpha value is -1.35. The van der Waals surface area contributed by atoms with Crippen LogP contribution in [0.3, 0.4) is 0 Å². The fourth-order valence-electron chi connectivity index (χ4n) is 1.13. The lowest BCUT2D eigenvalue weighted by Crippen LogP contribution is -2.10. The van der Waals surface area contributed by atoms with Crippen molar-refractivity contribution in [1.82, 2.24) is 0 Å². The molecule has 0 aliphatic carbocycles. The van der Waals surface area contributed by atoms with E-state index >= 15 is 0 Å². The molecule has 0 amide bonds. The molecule has 0 atom stereocenters. The predicted molar refractivity (Wildman–Crippen MR) is 55.3 cm³/mol. The average Bonchev–Trinajstić information content (AvgIpc) is 2.20. The highest BCUT2D eigenvalue weighted by Gasteiger charge is 2.05. The van der Waals surface area contributed by atoms with E-state index in [0.29, 0.717) is 6.61 Å². The summed E-state index contributed by atoms with van der Waals surface area (Å²) < 4.78 is 17.6. The maximum atomic E-state index is 12.6. The van der Waals surface area contributed by atoms with Gasteiger partial charge in [-0.1, -0.05) is 12.1 Å². The molecule has 0 aromatic heterocycles. The largest absolute Gasteiger partial charge is 0.493 e. The predicted octanol–water partition coefficient (Wildman–Crippen LogP) is 2.54. The molecule has 1 aliphatic heterocycles. The summed E-state index contributed by atoms with van der Waals surface area (Å²) in [6.45, 7) is 0.447. The van der Waals surface area contributed by atoms with E-state index in [1.807, 2.05) is 0 Å². The number of benzene rings is 1. The van der Waals surface area contributed by atoms with Crippen molar-refractivity contribution < 1.29 is 9.13 Å². The molecular weight excluding hydrogens is 205 g/mol. The van der Waals surface area contributed by atoms with Gasteiger partial charge in [-0.05, 0) is 17.7 Å². The summed E-state index contributed by atoms with van der Waals surface area (Å²) in [6.07, 6.45) is 3.12. The molecule has 0 radical (unpaired) electrons. The van der Waals surface area contributed by atoms with Crippen LogP contribution < -0.4 is 0 Å². The van der Waals surface area contributed by atoms with Gasteiger partial charge in [-0.2, -0.15) is 0 Å². The number of ether oxygens (including phenoxy) is 1. The van der Waals surface area contributed by atoms with Crippen molar-refractivity contribution in [3.8, 4) is 0 Å². The van der Waals surface area contributed by atoms with Crippen molar-refractivity contribution >= 4 is 18.1 Å². The second-order valence-corrected chi connectivity index (χ2v) is 2.68. The van der Waals surface area contributed by atoms with Crippen LogP contribution in [0.5, 0.6) is 0 Å². The third-order valence-electron chi connectivity index (χ3n) is 1.78. The number of rotatable bonds is 1. The summed E-state index contributed by atoms with van der Waals surface area (Å²) in [7, 11) is 0. The molecule has 14 heavy (non-hydrogen) atoms. The summed E-state index contributed by atoms with van der Waals surface area (Å²) in [5, 5.41) is 0. The van der Waals surface area contributed by atoms with Crippen LogP contribution in [0.25, 0.3) is 0 Å². The van der Waals surface area contributed by atoms with E-state index in [1.165, 1.54) is 18.4 Å². The van der Waals surface area contributed by atoms with Gasteiger partial charge >= 0.3 is 0 Å². The van der Waals surface area contributed by atoms with Crippen molar-refractivity contribution in [2.45, 2.75) is 0 Å². The van der Waals surface area contributed by atoms with E-state index in [2.05, 4.69) is 4.99 Å². The first-order chi connectivity index (χ1) is 6.36. The topological polar surface area (TPSA) is 21.6 Å². The first kappa shape index (κ1) is 10.7. The van der Waals surface area contributed by atoms with E-state index in [9.17, 15) is 4.39 Å². The van der Waals surface area contributed by atoms with Crippen molar-refractivity contribution in [2.75, 3.05) is 6.61 Å². The molecule has 74 valence electrons. The van der Waals surface area contributed by atoms with Crippen molar-refractivity contribution in [1.29, 1.82) is 0 Å². The molecule has 0 spiro atoms. The van der Waals surface area contributed by atoms with Crippen molar-refractivity contribution in [3.63, 3.8) is 0 Å². The molecule has 0 saturated carbocycles. The van der Waals surface area contributed by atoms with E-state index in [-0.39, 0.29) is 18.2 Å². The molecule has 2 rings (SSSR count). The molecular formula is C10H9ClFNO. The van der Waals surface area contributed by atoms with Crippen molar-refractivity contribution in [2.24, 2.45) is 4.99 Å². The Morgan fingerprint density at radius 1 is 1.21 bits per heavy atom. The Bertz CT molecular complexity index is 359. The van der Waals surface area contributed by atoms with E-state index < -0.39 is 0 Å². The summed E-state index contributed by atoms with van der Waals surface area (Å²) in [5.74, 6) is -0.239. The first-order valence-corrected chi connectivity index (χ1v) is 3.95. The highest BCUT2D eigenvalue weighted by atomic mass is 35.5. The van der Waals surface area contributed by atoms with Crippen LogP contribution in [0.1, 0.15) is 5.56 Å². The minimum Gasteiger partial charge on any atom is -0.493 e. The molecule has 1 aromatic carbocycles. The lowest BCUT2D eigenvalue weighted by Gasteiger charge is -2.08. The van der Waals surface area contributed by atoms with Crippen LogP contribution in [-0.4, -0.2) is 12.3 Å². The van der Waals surface area contributed by atoms with Gasteiger partial charge < -0.3 is 4.74 Å². The normalized spacial score (nSPS) is 13.9. The van der Waals surface area contributed by atoms with Gasteiger partial charge in [0.05, 0.1) is 11.9 Å². The summed E-state index contributed by atoms with van der Waals surface area (Å²) in [4.78, 5) is 4.12. The van der Waals surface area contributed by atoms with Gasteiger partial charge in [-0.3, -0.25) is 4.99 Å². The van der Waals surface area contributed by atoms with Crippen LogP contribution in [0, 0.1) is 5.82 Å². The highest BCUT2D eigenvalue weighted by molar-refractivity contribution is 6.02. The van der Waals surface area contributed by atoms with Crippen LogP contribution in [0.4, 0.5) is 4.39 Å².